The smallest absolute Gasteiger partial charge is 0.185 e. The highest BCUT2D eigenvalue weighted by atomic mass is 32.2. The number of hydrogen-bond acceptors (Lipinski definition) is 7. The van der Waals surface area contributed by atoms with Crippen LogP contribution in [0.25, 0.3) is 11.3 Å². The van der Waals surface area contributed by atoms with Crippen molar-refractivity contribution in [1.82, 2.24) is 4.98 Å². The van der Waals surface area contributed by atoms with Gasteiger partial charge >= 0.3 is 0 Å². The Hall–Kier alpha value is -2.58. The molecule has 1 fully saturated rings. The van der Waals surface area contributed by atoms with Gasteiger partial charge in [0.15, 0.2) is 15.0 Å². The fourth-order valence-corrected chi connectivity index (χ4v) is 6.86. The monoisotopic (exact) mass is 472 g/mol. The van der Waals surface area contributed by atoms with Crippen LogP contribution in [0.1, 0.15) is 24.0 Å². The fraction of sp³-hybridized carbons (Fsp3) is 0.375. The van der Waals surface area contributed by atoms with Crippen molar-refractivity contribution in [1.29, 1.82) is 0 Å². The van der Waals surface area contributed by atoms with Gasteiger partial charge in [0.25, 0.3) is 0 Å². The minimum atomic E-state index is -3.51. The number of rotatable bonds is 6. The van der Waals surface area contributed by atoms with E-state index in [9.17, 15) is 8.42 Å². The van der Waals surface area contributed by atoms with Crippen LogP contribution in [-0.4, -0.2) is 46.0 Å². The number of hydrogen-bond donors (Lipinski definition) is 0. The summed E-state index contributed by atoms with van der Waals surface area (Å²) in [5, 5.41) is 2.58. The summed E-state index contributed by atoms with van der Waals surface area (Å²) < 4.78 is 37.2. The molecule has 0 radical (unpaired) electrons. The molecule has 1 aliphatic heterocycles. The Bertz CT molecular complexity index is 1210. The number of nitrogens with zero attached hydrogens (tertiary/aromatic N) is 2. The molecule has 0 spiro atoms. The maximum atomic E-state index is 13.3. The summed E-state index contributed by atoms with van der Waals surface area (Å²) in [5.74, 6) is 0.893. The second-order valence-electron chi connectivity index (χ2n) is 8.01. The molecular formula is C24H28N2O4S2. The Labute approximate surface area is 193 Å². The summed E-state index contributed by atoms with van der Waals surface area (Å²) in [4.78, 5) is 7.28. The maximum absolute atomic E-state index is 13.3. The SMILES string of the molecule is COc1ccc(S(=O)(=O)C2CCN(c3nc(-c4cccc(C)c4C)cs3)CC2)c(OC)c1. The van der Waals surface area contributed by atoms with Gasteiger partial charge < -0.3 is 14.4 Å². The Morgan fingerprint density at radius 1 is 1.06 bits per heavy atom. The standard InChI is InChI=1S/C24H28N2O4S2/c1-16-6-5-7-20(17(16)2)21-15-31-24(25-21)26-12-10-19(11-13-26)32(27,28)23-9-8-18(29-3)14-22(23)30-4/h5-9,14-15,19H,10-13H2,1-4H3. The Balaban J connectivity index is 1.49. The van der Waals surface area contributed by atoms with Crippen LogP contribution in [0.15, 0.2) is 46.7 Å². The van der Waals surface area contributed by atoms with Crippen molar-refractivity contribution in [2.75, 3.05) is 32.2 Å². The number of thiazole rings is 1. The average molecular weight is 473 g/mol. The van der Waals surface area contributed by atoms with Crippen LogP contribution in [0, 0.1) is 13.8 Å². The summed E-state index contributed by atoms with van der Waals surface area (Å²) in [7, 11) is -0.485. The average Bonchev–Trinajstić information content (AvgIpc) is 3.30. The first kappa shape index (κ1) is 22.6. The summed E-state index contributed by atoms with van der Waals surface area (Å²) in [5.41, 5.74) is 4.61. The molecule has 3 aromatic rings. The quantitative estimate of drug-likeness (QED) is 0.509. The van der Waals surface area contributed by atoms with E-state index in [1.54, 1.807) is 36.6 Å². The third kappa shape index (κ3) is 4.21. The highest BCUT2D eigenvalue weighted by Crippen LogP contribution is 2.36. The zero-order valence-electron chi connectivity index (χ0n) is 18.8. The molecule has 2 aromatic carbocycles. The summed E-state index contributed by atoms with van der Waals surface area (Å²) in [6.45, 7) is 5.53. The summed E-state index contributed by atoms with van der Waals surface area (Å²) in [6.07, 6.45) is 1.10. The van der Waals surface area contributed by atoms with Gasteiger partial charge in [0, 0.05) is 30.1 Å². The van der Waals surface area contributed by atoms with Gasteiger partial charge in [-0.2, -0.15) is 0 Å². The molecule has 32 heavy (non-hydrogen) atoms. The van der Waals surface area contributed by atoms with Gasteiger partial charge in [0.2, 0.25) is 0 Å². The van der Waals surface area contributed by atoms with Gasteiger partial charge in [-0.25, -0.2) is 13.4 Å². The van der Waals surface area contributed by atoms with Crippen molar-refractivity contribution < 1.29 is 17.9 Å². The van der Waals surface area contributed by atoms with E-state index in [2.05, 4.69) is 42.3 Å². The normalized spacial score (nSPS) is 15.1. The number of piperidine rings is 1. The molecule has 8 heteroatoms. The second kappa shape index (κ2) is 9.11. The van der Waals surface area contributed by atoms with Gasteiger partial charge in [-0.05, 0) is 49.9 Å². The van der Waals surface area contributed by atoms with Gasteiger partial charge in [-0.15, -0.1) is 11.3 Å². The Morgan fingerprint density at radius 2 is 1.81 bits per heavy atom. The Morgan fingerprint density at radius 3 is 2.50 bits per heavy atom. The van der Waals surface area contributed by atoms with Crippen LogP contribution in [-0.2, 0) is 9.84 Å². The van der Waals surface area contributed by atoms with Crippen molar-refractivity contribution in [3.63, 3.8) is 0 Å². The lowest BCUT2D eigenvalue weighted by molar-refractivity contribution is 0.385. The minimum absolute atomic E-state index is 0.228. The Kier molecular flexibility index (Phi) is 6.44. The predicted octanol–water partition coefficient (Wildman–Crippen LogP) is 4.89. The molecule has 0 saturated carbocycles. The van der Waals surface area contributed by atoms with E-state index in [0.717, 1.165) is 16.4 Å². The number of benzene rings is 2. The van der Waals surface area contributed by atoms with Gasteiger partial charge in [-0.3, -0.25) is 0 Å². The summed E-state index contributed by atoms with van der Waals surface area (Å²) >= 11 is 1.61. The third-order valence-electron chi connectivity index (χ3n) is 6.20. The van der Waals surface area contributed by atoms with E-state index in [1.807, 2.05) is 0 Å². The largest absolute Gasteiger partial charge is 0.497 e. The molecule has 0 atom stereocenters. The highest BCUT2D eigenvalue weighted by Gasteiger charge is 2.34. The van der Waals surface area contributed by atoms with Crippen LogP contribution in [0.4, 0.5) is 5.13 Å². The topological polar surface area (TPSA) is 68.7 Å². The molecule has 170 valence electrons. The lowest BCUT2D eigenvalue weighted by Gasteiger charge is -2.31. The number of methoxy groups -OCH3 is 2. The van der Waals surface area contributed by atoms with Crippen molar-refractivity contribution in [2.45, 2.75) is 36.8 Å². The molecule has 2 heterocycles. The molecule has 6 nitrogen and oxygen atoms in total. The first-order valence-electron chi connectivity index (χ1n) is 10.6. The number of sulfone groups is 1. The second-order valence-corrected chi connectivity index (χ2v) is 11.0. The molecule has 0 amide bonds. The molecule has 0 bridgehead atoms. The third-order valence-corrected chi connectivity index (χ3v) is 9.40. The van der Waals surface area contributed by atoms with E-state index in [4.69, 9.17) is 14.5 Å². The van der Waals surface area contributed by atoms with Crippen molar-refractivity contribution in [2.24, 2.45) is 0 Å². The molecule has 1 saturated heterocycles. The van der Waals surface area contributed by atoms with E-state index in [-0.39, 0.29) is 4.90 Å². The molecule has 0 aliphatic carbocycles. The van der Waals surface area contributed by atoms with Gasteiger partial charge in [0.1, 0.15) is 16.4 Å². The lowest BCUT2D eigenvalue weighted by atomic mass is 10.0. The van der Waals surface area contributed by atoms with Crippen LogP contribution in [0.3, 0.4) is 0 Å². The van der Waals surface area contributed by atoms with Crippen LogP contribution in [0.2, 0.25) is 0 Å². The van der Waals surface area contributed by atoms with Crippen molar-refractivity contribution in [3.05, 3.63) is 52.9 Å². The molecule has 1 aromatic heterocycles. The lowest BCUT2D eigenvalue weighted by Crippen LogP contribution is -2.39. The predicted molar refractivity (Wildman–Crippen MR) is 129 cm³/mol. The first-order valence-corrected chi connectivity index (χ1v) is 13.0. The van der Waals surface area contributed by atoms with Crippen molar-refractivity contribution in [3.8, 4) is 22.8 Å². The first-order chi connectivity index (χ1) is 15.3. The van der Waals surface area contributed by atoms with Crippen LogP contribution < -0.4 is 14.4 Å². The highest BCUT2D eigenvalue weighted by molar-refractivity contribution is 7.92. The van der Waals surface area contributed by atoms with Crippen LogP contribution >= 0.6 is 11.3 Å². The van der Waals surface area contributed by atoms with Crippen molar-refractivity contribution >= 4 is 26.3 Å². The maximum Gasteiger partial charge on any atom is 0.185 e. The molecule has 4 rings (SSSR count). The van der Waals surface area contributed by atoms with Gasteiger partial charge in [-0.1, -0.05) is 18.2 Å². The molecule has 1 aliphatic rings. The zero-order chi connectivity index (χ0) is 22.9. The number of aryl methyl sites for hydroxylation is 1. The number of aromatic nitrogens is 1. The minimum Gasteiger partial charge on any atom is -0.497 e. The van der Waals surface area contributed by atoms with E-state index >= 15 is 0 Å². The molecule has 0 unspecified atom stereocenters. The van der Waals surface area contributed by atoms with E-state index in [0.29, 0.717) is 37.4 Å². The van der Waals surface area contributed by atoms with Gasteiger partial charge in [0.05, 0.1) is 25.2 Å². The number of ether oxygens (including phenoxy) is 2. The van der Waals surface area contributed by atoms with E-state index in [1.165, 1.54) is 18.2 Å². The molecule has 0 N–H and O–H groups in total. The number of anilines is 1. The zero-order valence-corrected chi connectivity index (χ0v) is 20.4. The summed E-state index contributed by atoms with van der Waals surface area (Å²) in [6, 6.07) is 11.1. The molecular weight excluding hydrogens is 444 g/mol. The fourth-order valence-electron chi connectivity index (χ4n) is 4.11. The van der Waals surface area contributed by atoms with Crippen LogP contribution in [0.5, 0.6) is 11.5 Å². The van der Waals surface area contributed by atoms with E-state index < -0.39 is 15.1 Å².